The Labute approximate surface area is 224 Å². The Morgan fingerprint density at radius 2 is 1.55 bits per heavy atom. The van der Waals surface area contributed by atoms with Crippen molar-refractivity contribution >= 4 is 35.1 Å². The Hall–Kier alpha value is -3.68. The highest BCUT2D eigenvalue weighted by Gasteiger charge is 2.48. The van der Waals surface area contributed by atoms with E-state index in [2.05, 4.69) is 24.5 Å². The van der Waals surface area contributed by atoms with Crippen LogP contribution in [0.1, 0.15) is 70.4 Å². The maximum atomic E-state index is 13.7. The van der Waals surface area contributed by atoms with Crippen LogP contribution in [0.2, 0.25) is 0 Å². The highest BCUT2D eigenvalue weighted by molar-refractivity contribution is 6.17. The van der Waals surface area contributed by atoms with Gasteiger partial charge in [0.05, 0.1) is 18.0 Å². The highest BCUT2D eigenvalue weighted by Crippen LogP contribution is 2.36. The third kappa shape index (κ3) is 6.23. The summed E-state index contributed by atoms with van der Waals surface area (Å²) in [5.74, 6) is -0.537. The number of carbonyl (C=O) groups excluding carboxylic acids is 4. The molecule has 0 radical (unpaired) electrons. The van der Waals surface area contributed by atoms with E-state index in [1.54, 1.807) is 29.2 Å². The summed E-state index contributed by atoms with van der Waals surface area (Å²) in [6.45, 7) is 7.91. The number of nitrogens with zero attached hydrogens (tertiary/aromatic N) is 2. The van der Waals surface area contributed by atoms with Crippen molar-refractivity contribution in [2.75, 3.05) is 16.8 Å². The van der Waals surface area contributed by atoms with Crippen LogP contribution in [0, 0.1) is 5.92 Å². The van der Waals surface area contributed by atoms with Crippen molar-refractivity contribution in [3.63, 3.8) is 0 Å². The minimum atomic E-state index is -0.478. The fourth-order valence-electron chi connectivity index (χ4n) is 5.35. The second-order valence-electron chi connectivity index (χ2n) is 10.9. The summed E-state index contributed by atoms with van der Waals surface area (Å²) >= 11 is 0. The largest absolute Gasteiger partial charge is 0.354 e. The molecule has 2 aliphatic rings. The lowest BCUT2D eigenvalue weighted by Crippen LogP contribution is -2.64. The van der Waals surface area contributed by atoms with Crippen molar-refractivity contribution in [2.24, 2.45) is 5.92 Å². The third-order valence-corrected chi connectivity index (χ3v) is 7.29. The van der Waals surface area contributed by atoms with Gasteiger partial charge in [0.2, 0.25) is 17.7 Å². The zero-order chi connectivity index (χ0) is 27.4. The van der Waals surface area contributed by atoms with Gasteiger partial charge in [0, 0.05) is 17.8 Å². The van der Waals surface area contributed by atoms with Crippen molar-refractivity contribution in [2.45, 2.75) is 77.8 Å². The number of benzene rings is 2. The van der Waals surface area contributed by atoms with E-state index in [9.17, 15) is 19.2 Å². The van der Waals surface area contributed by atoms with Gasteiger partial charge in [-0.1, -0.05) is 51.0 Å². The van der Waals surface area contributed by atoms with E-state index in [1.807, 2.05) is 38.1 Å². The number of fused-ring (bicyclic) bond motifs is 1. The predicted molar refractivity (Wildman–Crippen MR) is 148 cm³/mol. The normalized spacial score (nSPS) is 19.5. The molecule has 2 unspecified atom stereocenters. The van der Waals surface area contributed by atoms with Gasteiger partial charge in [0.1, 0.15) is 6.54 Å². The zero-order valence-electron chi connectivity index (χ0n) is 22.7. The van der Waals surface area contributed by atoms with Crippen LogP contribution in [-0.2, 0) is 20.8 Å². The molecule has 38 heavy (non-hydrogen) atoms. The number of urea groups is 1. The maximum Gasteiger partial charge on any atom is 0.332 e. The van der Waals surface area contributed by atoms with Gasteiger partial charge in [-0.3, -0.25) is 14.4 Å². The summed E-state index contributed by atoms with van der Waals surface area (Å²) in [5.41, 5.74) is 3.10. The quantitative estimate of drug-likeness (QED) is 0.522. The van der Waals surface area contributed by atoms with E-state index in [-0.39, 0.29) is 48.7 Å². The van der Waals surface area contributed by atoms with E-state index >= 15 is 0 Å². The van der Waals surface area contributed by atoms with Crippen LogP contribution in [0.4, 0.5) is 16.2 Å². The summed E-state index contributed by atoms with van der Waals surface area (Å²) in [7, 11) is 0. The lowest BCUT2D eigenvalue weighted by Gasteiger charge is -2.46. The molecule has 1 heterocycles. The maximum absolute atomic E-state index is 13.7. The molecule has 8 heteroatoms. The number of imide groups is 1. The second kappa shape index (κ2) is 11.8. The predicted octanol–water partition coefficient (Wildman–Crippen LogP) is 4.84. The molecule has 2 fully saturated rings. The highest BCUT2D eigenvalue weighted by atomic mass is 16.2. The van der Waals surface area contributed by atoms with E-state index in [0.29, 0.717) is 30.1 Å². The second-order valence-corrected chi connectivity index (χ2v) is 10.9. The molecule has 0 aromatic heterocycles. The molecule has 1 aliphatic heterocycles. The molecule has 8 nitrogen and oxygen atoms in total. The Bertz CT molecular complexity index is 1170. The molecule has 0 bridgehead atoms. The average molecular weight is 519 g/mol. The van der Waals surface area contributed by atoms with Gasteiger partial charge in [0.25, 0.3) is 0 Å². The van der Waals surface area contributed by atoms with E-state index in [0.717, 1.165) is 18.4 Å². The minimum absolute atomic E-state index is 0.0522. The van der Waals surface area contributed by atoms with Gasteiger partial charge in [-0.05, 0) is 68.0 Å². The number of anilines is 2. The molecule has 2 N–H and O–H groups in total. The van der Waals surface area contributed by atoms with Crippen molar-refractivity contribution < 1.29 is 19.2 Å². The zero-order valence-corrected chi connectivity index (χ0v) is 22.7. The summed E-state index contributed by atoms with van der Waals surface area (Å²) in [6, 6.07) is 13.9. The van der Waals surface area contributed by atoms with Crippen LogP contribution in [0.5, 0.6) is 0 Å². The summed E-state index contributed by atoms with van der Waals surface area (Å²) in [5, 5.41) is 5.76. The van der Waals surface area contributed by atoms with E-state index in [1.165, 1.54) is 10.5 Å². The monoisotopic (exact) mass is 518 g/mol. The first-order valence-electron chi connectivity index (χ1n) is 13.6. The number of amides is 5. The SMILES string of the molecule is CC(C)NC(=O)Cc1ccc(N2C(=O)C3CCCCC3N(CC(=O)Nc3ccc(C(C)C)cc3)C2=O)cc1. The Kier molecular flexibility index (Phi) is 8.49. The minimum Gasteiger partial charge on any atom is -0.354 e. The lowest BCUT2D eigenvalue weighted by atomic mass is 9.81. The van der Waals surface area contributed by atoms with Gasteiger partial charge in [-0.15, -0.1) is 0 Å². The van der Waals surface area contributed by atoms with Gasteiger partial charge < -0.3 is 15.5 Å². The van der Waals surface area contributed by atoms with E-state index < -0.39 is 6.03 Å². The smallest absolute Gasteiger partial charge is 0.332 e. The van der Waals surface area contributed by atoms with Crippen LogP contribution in [0.15, 0.2) is 48.5 Å². The fraction of sp³-hybridized carbons (Fsp3) is 0.467. The van der Waals surface area contributed by atoms with Crippen molar-refractivity contribution in [3.05, 3.63) is 59.7 Å². The molecule has 1 aliphatic carbocycles. The topological polar surface area (TPSA) is 98.8 Å². The fourth-order valence-corrected chi connectivity index (χ4v) is 5.35. The molecule has 1 saturated heterocycles. The number of hydrogen-bond donors (Lipinski definition) is 2. The molecule has 2 aromatic carbocycles. The molecular weight excluding hydrogens is 480 g/mol. The number of carbonyl (C=O) groups is 4. The molecular formula is C30H38N4O4. The van der Waals surface area contributed by atoms with Crippen molar-refractivity contribution in [1.82, 2.24) is 10.2 Å². The first kappa shape index (κ1) is 27.4. The first-order chi connectivity index (χ1) is 18.1. The van der Waals surface area contributed by atoms with Gasteiger partial charge in [0.15, 0.2) is 0 Å². The van der Waals surface area contributed by atoms with Gasteiger partial charge in [-0.25, -0.2) is 9.69 Å². The van der Waals surface area contributed by atoms with Crippen molar-refractivity contribution in [1.29, 1.82) is 0 Å². The summed E-state index contributed by atoms with van der Waals surface area (Å²) < 4.78 is 0. The van der Waals surface area contributed by atoms with Crippen LogP contribution < -0.4 is 15.5 Å². The molecule has 5 amide bonds. The molecule has 0 spiro atoms. The Balaban J connectivity index is 1.50. The average Bonchev–Trinajstić information content (AvgIpc) is 2.87. The Morgan fingerprint density at radius 3 is 2.18 bits per heavy atom. The van der Waals surface area contributed by atoms with Crippen LogP contribution in [0.3, 0.4) is 0 Å². The number of rotatable bonds is 8. The molecule has 2 atom stereocenters. The molecule has 1 saturated carbocycles. The number of nitrogens with one attached hydrogen (secondary N) is 2. The van der Waals surface area contributed by atoms with Crippen LogP contribution >= 0.6 is 0 Å². The molecule has 202 valence electrons. The van der Waals surface area contributed by atoms with Crippen molar-refractivity contribution in [3.8, 4) is 0 Å². The standard InChI is InChI=1S/C30H38N4O4/c1-19(2)22-11-13-23(14-12-22)32-28(36)18-33-26-8-6-5-7-25(26)29(37)34(30(33)38)24-15-9-21(10-16-24)17-27(35)31-20(3)4/h9-16,19-20,25-26H,5-8,17-18H2,1-4H3,(H,31,35)(H,32,36). The molecule has 2 aromatic rings. The summed E-state index contributed by atoms with van der Waals surface area (Å²) in [4.78, 5) is 55.1. The van der Waals surface area contributed by atoms with Gasteiger partial charge in [-0.2, -0.15) is 0 Å². The van der Waals surface area contributed by atoms with Gasteiger partial charge >= 0.3 is 6.03 Å². The lowest BCUT2D eigenvalue weighted by molar-refractivity contribution is -0.128. The Morgan fingerprint density at radius 1 is 0.895 bits per heavy atom. The van der Waals surface area contributed by atoms with E-state index in [4.69, 9.17) is 0 Å². The number of hydrogen-bond acceptors (Lipinski definition) is 4. The first-order valence-corrected chi connectivity index (χ1v) is 13.6. The molecule has 4 rings (SSSR count). The van der Waals surface area contributed by atoms with Crippen LogP contribution in [0.25, 0.3) is 0 Å². The summed E-state index contributed by atoms with van der Waals surface area (Å²) in [6.07, 6.45) is 3.45. The third-order valence-electron chi connectivity index (χ3n) is 7.29. The van der Waals surface area contributed by atoms with Crippen LogP contribution in [-0.4, -0.2) is 47.3 Å².